The zero-order valence-electron chi connectivity index (χ0n) is 16.1. The summed E-state index contributed by atoms with van der Waals surface area (Å²) in [4.78, 5) is 10.2. The average molecular weight is 421 g/mol. The van der Waals surface area contributed by atoms with Crippen LogP contribution in [-0.4, -0.2) is 47.1 Å². The maximum Gasteiger partial charge on any atom is 0.0456 e. The normalized spacial score (nSPS) is 17.1. The van der Waals surface area contributed by atoms with Gasteiger partial charge >= 0.3 is 0 Å². The van der Waals surface area contributed by atoms with Gasteiger partial charge in [0.15, 0.2) is 0 Å². The maximum absolute atomic E-state index is 4.20. The molecular weight excluding hydrogens is 391 g/mol. The fourth-order valence-corrected chi connectivity index (χ4v) is 4.01. The molecule has 152 valence electrons. The Morgan fingerprint density at radius 3 is 2.82 bits per heavy atom. The van der Waals surface area contributed by atoms with Crippen LogP contribution in [0.3, 0.4) is 0 Å². The summed E-state index contributed by atoms with van der Waals surface area (Å²) in [6.45, 7) is 4.60. The summed E-state index contributed by atoms with van der Waals surface area (Å²) in [6.07, 6.45) is 10.7. The highest BCUT2D eigenvalue weighted by molar-refractivity contribution is 5.85. The number of aromatic nitrogens is 2. The molecule has 2 N–H and O–H groups in total. The zero-order chi connectivity index (χ0) is 17.6. The highest BCUT2D eigenvalue weighted by Crippen LogP contribution is 2.20. The van der Waals surface area contributed by atoms with Gasteiger partial charge in [-0.3, -0.25) is 4.98 Å². The number of piperazine rings is 1. The first-order valence-electron chi connectivity index (χ1n) is 9.78. The standard InChI is InChI=1S/C22H28N4.2ClH/c1-2-9-22-21(8-1)19(16-25-22)14-20-17-26(13-11-24-20)12-4-3-6-18-7-5-10-23-15-18;;/h1-2,5,7-10,15-16,20,24-25H,3-4,6,11-14,17H2;2*1H. The van der Waals surface area contributed by atoms with Crippen molar-refractivity contribution in [1.29, 1.82) is 0 Å². The third kappa shape index (κ3) is 5.95. The van der Waals surface area contributed by atoms with Crippen molar-refractivity contribution in [3.63, 3.8) is 0 Å². The lowest BCUT2D eigenvalue weighted by molar-refractivity contribution is 0.196. The first-order valence-corrected chi connectivity index (χ1v) is 9.78. The number of pyridine rings is 1. The first kappa shape index (κ1) is 22.7. The topological polar surface area (TPSA) is 44.0 Å². The molecule has 28 heavy (non-hydrogen) atoms. The molecule has 3 aromatic rings. The van der Waals surface area contributed by atoms with Gasteiger partial charge < -0.3 is 15.2 Å². The summed E-state index contributed by atoms with van der Waals surface area (Å²) in [5.41, 5.74) is 4.02. The number of nitrogens with zero attached hydrogens (tertiary/aromatic N) is 2. The monoisotopic (exact) mass is 420 g/mol. The third-order valence-electron chi connectivity index (χ3n) is 5.39. The van der Waals surface area contributed by atoms with Crippen molar-refractivity contribution in [1.82, 2.24) is 20.2 Å². The van der Waals surface area contributed by atoms with Crippen molar-refractivity contribution >= 4 is 35.7 Å². The number of benzene rings is 1. The number of para-hydroxylation sites is 1. The molecule has 0 amide bonds. The molecule has 0 aliphatic carbocycles. The molecule has 6 heteroatoms. The van der Waals surface area contributed by atoms with Gasteiger partial charge in [-0.25, -0.2) is 0 Å². The summed E-state index contributed by atoms with van der Waals surface area (Å²) in [7, 11) is 0. The fourth-order valence-electron chi connectivity index (χ4n) is 4.01. The number of halogens is 2. The SMILES string of the molecule is Cl.Cl.c1cncc(CCCCN2CCNC(Cc3c[nH]c4ccccc34)C2)c1. The van der Waals surface area contributed by atoms with Gasteiger partial charge in [0.1, 0.15) is 0 Å². The van der Waals surface area contributed by atoms with Crippen LogP contribution in [0.15, 0.2) is 55.0 Å². The molecule has 1 saturated heterocycles. The van der Waals surface area contributed by atoms with E-state index < -0.39 is 0 Å². The van der Waals surface area contributed by atoms with E-state index in [4.69, 9.17) is 0 Å². The first-order chi connectivity index (χ1) is 12.9. The summed E-state index contributed by atoms with van der Waals surface area (Å²) in [5.74, 6) is 0. The van der Waals surface area contributed by atoms with Gasteiger partial charge in [0, 0.05) is 55.2 Å². The minimum absolute atomic E-state index is 0. The molecule has 1 atom stereocenters. The van der Waals surface area contributed by atoms with Crippen LogP contribution in [-0.2, 0) is 12.8 Å². The predicted molar refractivity (Wildman–Crippen MR) is 122 cm³/mol. The van der Waals surface area contributed by atoms with E-state index in [-0.39, 0.29) is 24.8 Å². The molecular formula is C22H30Cl2N4. The molecule has 1 aliphatic heterocycles. The lowest BCUT2D eigenvalue weighted by Gasteiger charge is -2.33. The molecule has 0 spiro atoms. The second-order valence-corrected chi connectivity index (χ2v) is 7.33. The summed E-state index contributed by atoms with van der Waals surface area (Å²) in [5, 5.41) is 5.07. The smallest absolute Gasteiger partial charge is 0.0456 e. The minimum atomic E-state index is 0. The summed E-state index contributed by atoms with van der Waals surface area (Å²) < 4.78 is 0. The van der Waals surface area contributed by atoms with Gasteiger partial charge in [-0.2, -0.15) is 0 Å². The lowest BCUT2D eigenvalue weighted by Crippen LogP contribution is -2.51. The molecule has 4 nitrogen and oxygen atoms in total. The number of nitrogens with one attached hydrogen (secondary N) is 2. The predicted octanol–water partition coefficient (Wildman–Crippen LogP) is 4.25. The number of fused-ring (bicyclic) bond motifs is 1. The Hall–Kier alpha value is -1.59. The van der Waals surface area contributed by atoms with Crippen LogP contribution in [0.5, 0.6) is 0 Å². The van der Waals surface area contributed by atoms with Gasteiger partial charge in [-0.1, -0.05) is 24.3 Å². The Balaban J connectivity index is 0.00000140. The number of aryl methyl sites for hydroxylation is 1. The number of hydrogen-bond donors (Lipinski definition) is 2. The van der Waals surface area contributed by atoms with Crippen LogP contribution in [0.4, 0.5) is 0 Å². The van der Waals surface area contributed by atoms with Gasteiger partial charge in [-0.15, -0.1) is 24.8 Å². The van der Waals surface area contributed by atoms with Gasteiger partial charge in [0.05, 0.1) is 0 Å². The molecule has 3 heterocycles. The van der Waals surface area contributed by atoms with Crippen molar-refractivity contribution in [2.75, 3.05) is 26.2 Å². The molecule has 4 rings (SSSR count). The number of H-pyrrole nitrogens is 1. The maximum atomic E-state index is 4.20. The van der Waals surface area contributed by atoms with E-state index in [0.717, 1.165) is 32.5 Å². The highest BCUT2D eigenvalue weighted by Gasteiger charge is 2.20. The average Bonchev–Trinajstić information content (AvgIpc) is 3.09. The van der Waals surface area contributed by atoms with E-state index in [1.54, 1.807) is 0 Å². The van der Waals surface area contributed by atoms with Gasteiger partial charge in [-0.05, 0) is 55.5 Å². The largest absolute Gasteiger partial charge is 0.361 e. The zero-order valence-corrected chi connectivity index (χ0v) is 17.8. The van der Waals surface area contributed by atoms with Crippen molar-refractivity contribution in [3.8, 4) is 0 Å². The third-order valence-corrected chi connectivity index (χ3v) is 5.39. The molecule has 0 bridgehead atoms. The van der Waals surface area contributed by atoms with Crippen molar-refractivity contribution in [2.24, 2.45) is 0 Å². The van der Waals surface area contributed by atoms with E-state index >= 15 is 0 Å². The molecule has 0 saturated carbocycles. The number of hydrogen-bond acceptors (Lipinski definition) is 3. The fraction of sp³-hybridized carbons (Fsp3) is 0.409. The van der Waals surface area contributed by atoms with Crippen molar-refractivity contribution < 1.29 is 0 Å². The summed E-state index contributed by atoms with van der Waals surface area (Å²) >= 11 is 0. The van der Waals surface area contributed by atoms with Crippen molar-refractivity contribution in [3.05, 3.63) is 66.1 Å². The number of aromatic amines is 1. The van der Waals surface area contributed by atoms with E-state index in [2.05, 4.69) is 56.7 Å². The second kappa shape index (κ2) is 11.4. The van der Waals surface area contributed by atoms with Crippen molar-refractivity contribution in [2.45, 2.75) is 31.7 Å². The van der Waals surface area contributed by atoms with Crippen LogP contribution >= 0.6 is 24.8 Å². The Morgan fingerprint density at radius 2 is 1.96 bits per heavy atom. The van der Waals surface area contributed by atoms with Crippen LogP contribution < -0.4 is 5.32 Å². The van der Waals surface area contributed by atoms with E-state index in [0.29, 0.717) is 6.04 Å². The van der Waals surface area contributed by atoms with E-state index in [9.17, 15) is 0 Å². The molecule has 1 aromatic carbocycles. The van der Waals surface area contributed by atoms with Crippen LogP contribution in [0.2, 0.25) is 0 Å². The minimum Gasteiger partial charge on any atom is -0.361 e. The van der Waals surface area contributed by atoms with E-state index in [1.807, 2.05) is 18.5 Å². The van der Waals surface area contributed by atoms with Gasteiger partial charge in [0.2, 0.25) is 0 Å². The second-order valence-electron chi connectivity index (χ2n) is 7.33. The summed E-state index contributed by atoms with van der Waals surface area (Å²) in [6, 6.07) is 13.3. The Labute approximate surface area is 179 Å². The molecule has 2 aromatic heterocycles. The number of rotatable bonds is 7. The molecule has 0 radical (unpaired) electrons. The molecule has 1 unspecified atom stereocenters. The molecule has 1 aliphatic rings. The number of unbranched alkanes of at least 4 members (excludes halogenated alkanes) is 1. The Morgan fingerprint density at radius 1 is 1.07 bits per heavy atom. The van der Waals surface area contributed by atoms with Crippen LogP contribution in [0.25, 0.3) is 10.9 Å². The lowest BCUT2D eigenvalue weighted by atomic mass is 10.0. The Bertz CT molecular complexity index is 822. The van der Waals surface area contributed by atoms with Crippen LogP contribution in [0, 0.1) is 0 Å². The van der Waals surface area contributed by atoms with Crippen LogP contribution in [0.1, 0.15) is 24.0 Å². The Kier molecular flexibility index (Phi) is 9.26. The quantitative estimate of drug-likeness (QED) is 0.561. The van der Waals surface area contributed by atoms with E-state index in [1.165, 1.54) is 41.4 Å². The van der Waals surface area contributed by atoms with Gasteiger partial charge in [0.25, 0.3) is 0 Å². The highest BCUT2D eigenvalue weighted by atomic mass is 35.5. The molecule has 1 fully saturated rings.